The summed E-state index contributed by atoms with van der Waals surface area (Å²) < 4.78 is 12.9. The third-order valence-corrected chi connectivity index (χ3v) is 2.93. The molecule has 15 heavy (non-hydrogen) atoms. The van der Waals surface area contributed by atoms with E-state index in [2.05, 4.69) is 18.8 Å². The minimum atomic E-state index is -0.341. The van der Waals surface area contributed by atoms with Gasteiger partial charge < -0.3 is 4.90 Å². The Morgan fingerprint density at radius 3 is 2.80 bits per heavy atom. The van der Waals surface area contributed by atoms with E-state index < -0.39 is 0 Å². The van der Waals surface area contributed by atoms with Crippen molar-refractivity contribution in [2.75, 3.05) is 11.9 Å². The monoisotopic (exact) mass is 230 g/mol. The van der Waals surface area contributed by atoms with Gasteiger partial charge in [-0.1, -0.05) is 6.92 Å². The predicted octanol–water partition coefficient (Wildman–Crippen LogP) is 3.19. The maximum Gasteiger partial charge on any atom is 0.141 e. The van der Waals surface area contributed by atoms with Crippen molar-refractivity contribution in [1.29, 1.82) is 0 Å². The van der Waals surface area contributed by atoms with Crippen molar-refractivity contribution < 1.29 is 4.39 Å². The van der Waals surface area contributed by atoms with Crippen molar-refractivity contribution in [2.45, 2.75) is 32.2 Å². The van der Waals surface area contributed by atoms with Gasteiger partial charge in [-0.05, 0) is 19.4 Å². The Bertz CT molecular complexity index is 330. The molecule has 1 atom stereocenters. The molecule has 1 unspecified atom stereocenters. The zero-order chi connectivity index (χ0) is 11.4. The van der Waals surface area contributed by atoms with E-state index in [9.17, 15) is 4.39 Å². The molecule has 1 aromatic rings. The maximum absolute atomic E-state index is 12.9. The fourth-order valence-electron chi connectivity index (χ4n) is 1.37. The Morgan fingerprint density at radius 2 is 2.27 bits per heavy atom. The maximum atomic E-state index is 12.9. The third-order valence-electron chi connectivity index (χ3n) is 2.64. The molecule has 0 saturated carbocycles. The lowest BCUT2D eigenvalue weighted by Crippen LogP contribution is -2.29. The Balaban J connectivity index is 3.02. The van der Waals surface area contributed by atoms with E-state index in [4.69, 9.17) is 11.6 Å². The normalized spacial score (nSPS) is 12.6. The summed E-state index contributed by atoms with van der Waals surface area (Å²) in [6.45, 7) is 4.20. The van der Waals surface area contributed by atoms with Crippen molar-refractivity contribution >= 4 is 17.4 Å². The van der Waals surface area contributed by atoms with E-state index in [0.29, 0.717) is 6.04 Å². The number of anilines is 1. The molecule has 2 nitrogen and oxygen atoms in total. The summed E-state index contributed by atoms with van der Waals surface area (Å²) in [5.41, 5.74) is 0.736. The first kappa shape index (κ1) is 12.2. The fraction of sp³-hybridized carbons (Fsp3) is 0.545. The van der Waals surface area contributed by atoms with Gasteiger partial charge in [-0.3, -0.25) is 0 Å². The number of pyridine rings is 1. The molecule has 0 N–H and O–H groups in total. The van der Waals surface area contributed by atoms with Crippen LogP contribution in [0.5, 0.6) is 0 Å². The predicted molar refractivity (Wildman–Crippen MR) is 61.9 cm³/mol. The largest absolute Gasteiger partial charge is 0.357 e. The van der Waals surface area contributed by atoms with Gasteiger partial charge in [-0.25, -0.2) is 9.37 Å². The molecule has 0 aliphatic carbocycles. The Morgan fingerprint density at radius 1 is 1.60 bits per heavy atom. The van der Waals surface area contributed by atoms with Gasteiger partial charge in [0.25, 0.3) is 0 Å². The van der Waals surface area contributed by atoms with Crippen LogP contribution in [0.15, 0.2) is 12.3 Å². The van der Waals surface area contributed by atoms with Gasteiger partial charge in [-0.2, -0.15) is 0 Å². The SMILES string of the molecule is CCC(C)N(C)c1ncc(F)cc1CCl. The zero-order valence-corrected chi connectivity index (χ0v) is 10.1. The molecule has 0 aromatic carbocycles. The number of hydrogen-bond acceptors (Lipinski definition) is 2. The van der Waals surface area contributed by atoms with Crippen molar-refractivity contribution in [3.8, 4) is 0 Å². The van der Waals surface area contributed by atoms with Crippen LogP contribution in [-0.4, -0.2) is 18.1 Å². The number of halogens is 2. The molecule has 1 rings (SSSR count). The number of rotatable bonds is 4. The number of nitrogens with zero attached hydrogens (tertiary/aromatic N) is 2. The minimum absolute atomic E-state index is 0.279. The van der Waals surface area contributed by atoms with Gasteiger partial charge in [0.1, 0.15) is 11.6 Å². The van der Waals surface area contributed by atoms with E-state index in [1.165, 1.54) is 12.3 Å². The minimum Gasteiger partial charge on any atom is -0.357 e. The van der Waals surface area contributed by atoms with E-state index in [1.807, 2.05) is 11.9 Å². The van der Waals surface area contributed by atoms with E-state index in [-0.39, 0.29) is 11.7 Å². The standard InChI is InChI=1S/C11H16ClFN2/c1-4-8(2)15(3)11-9(6-12)5-10(13)7-14-11/h5,7-8H,4,6H2,1-3H3. The molecule has 0 saturated heterocycles. The molecule has 1 aromatic heterocycles. The topological polar surface area (TPSA) is 16.1 Å². The van der Waals surface area contributed by atoms with Crippen LogP contribution in [0.25, 0.3) is 0 Å². The van der Waals surface area contributed by atoms with Crippen LogP contribution in [0.2, 0.25) is 0 Å². The van der Waals surface area contributed by atoms with Crippen LogP contribution < -0.4 is 4.90 Å². The Hall–Kier alpha value is -0.830. The average molecular weight is 231 g/mol. The Kier molecular flexibility index (Phi) is 4.33. The molecule has 0 aliphatic heterocycles. The first-order valence-electron chi connectivity index (χ1n) is 5.03. The van der Waals surface area contributed by atoms with E-state index in [0.717, 1.165) is 17.8 Å². The number of hydrogen-bond donors (Lipinski definition) is 0. The fourth-order valence-corrected chi connectivity index (χ4v) is 1.57. The van der Waals surface area contributed by atoms with Crippen LogP contribution in [0.1, 0.15) is 25.8 Å². The molecule has 0 bridgehead atoms. The summed E-state index contributed by atoms with van der Waals surface area (Å²) in [5, 5.41) is 0. The van der Waals surface area contributed by atoms with Crippen molar-refractivity contribution in [3.63, 3.8) is 0 Å². The second-order valence-corrected chi connectivity index (χ2v) is 3.91. The molecule has 0 radical (unpaired) electrons. The van der Waals surface area contributed by atoms with Gasteiger partial charge >= 0.3 is 0 Å². The summed E-state index contributed by atoms with van der Waals surface area (Å²) in [4.78, 5) is 6.11. The first-order valence-corrected chi connectivity index (χ1v) is 5.56. The van der Waals surface area contributed by atoms with Crippen LogP contribution in [-0.2, 0) is 5.88 Å². The molecule has 0 fully saturated rings. The second kappa shape index (κ2) is 5.31. The van der Waals surface area contributed by atoms with Crippen molar-refractivity contribution in [3.05, 3.63) is 23.6 Å². The molecule has 84 valence electrons. The molecule has 4 heteroatoms. The lowest BCUT2D eigenvalue weighted by atomic mass is 10.2. The molecular weight excluding hydrogens is 215 g/mol. The molecular formula is C11H16ClFN2. The van der Waals surface area contributed by atoms with Crippen molar-refractivity contribution in [1.82, 2.24) is 4.98 Å². The summed E-state index contributed by atoms with van der Waals surface area (Å²) in [5.74, 6) is 0.702. The van der Waals surface area contributed by atoms with Gasteiger partial charge in [0.05, 0.1) is 12.1 Å². The summed E-state index contributed by atoms with van der Waals surface area (Å²) in [6.07, 6.45) is 2.24. The highest BCUT2D eigenvalue weighted by Crippen LogP contribution is 2.21. The van der Waals surface area contributed by atoms with Crippen LogP contribution in [0.3, 0.4) is 0 Å². The number of aromatic nitrogens is 1. The number of alkyl halides is 1. The highest BCUT2D eigenvalue weighted by atomic mass is 35.5. The van der Waals surface area contributed by atoms with E-state index in [1.54, 1.807) is 0 Å². The van der Waals surface area contributed by atoms with Crippen LogP contribution in [0, 0.1) is 5.82 Å². The third kappa shape index (κ3) is 2.81. The summed E-state index contributed by atoms with van der Waals surface area (Å²) in [6, 6.07) is 1.80. The van der Waals surface area contributed by atoms with Crippen LogP contribution in [0.4, 0.5) is 10.2 Å². The zero-order valence-electron chi connectivity index (χ0n) is 9.30. The van der Waals surface area contributed by atoms with Gasteiger partial charge in [-0.15, -0.1) is 11.6 Å². The van der Waals surface area contributed by atoms with Crippen LogP contribution >= 0.6 is 11.6 Å². The van der Waals surface area contributed by atoms with Gasteiger partial charge in [0, 0.05) is 18.7 Å². The smallest absolute Gasteiger partial charge is 0.141 e. The van der Waals surface area contributed by atoms with Gasteiger partial charge in [0.15, 0.2) is 0 Å². The summed E-state index contributed by atoms with van der Waals surface area (Å²) in [7, 11) is 1.95. The van der Waals surface area contributed by atoms with E-state index >= 15 is 0 Å². The molecule has 1 heterocycles. The lowest BCUT2D eigenvalue weighted by molar-refractivity contribution is 0.613. The second-order valence-electron chi connectivity index (χ2n) is 3.64. The van der Waals surface area contributed by atoms with Crippen molar-refractivity contribution in [2.24, 2.45) is 0 Å². The molecule has 0 amide bonds. The lowest BCUT2D eigenvalue weighted by Gasteiger charge is -2.26. The highest BCUT2D eigenvalue weighted by Gasteiger charge is 2.13. The summed E-state index contributed by atoms with van der Waals surface area (Å²) >= 11 is 5.76. The molecule has 0 spiro atoms. The molecule has 0 aliphatic rings. The van der Waals surface area contributed by atoms with Gasteiger partial charge in [0.2, 0.25) is 0 Å². The Labute approximate surface area is 95.1 Å². The quantitative estimate of drug-likeness (QED) is 0.739. The average Bonchev–Trinajstić information content (AvgIpc) is 2.26. The first-order chi connectivity index (χ1) is 7.10. The highest BCUT2D eigenvalue weighted by molar-refractivity contribution is 6.17.